The van der Waals surface area contributed by atoms with E-state index in [9.17, 15) is 24.9 Å². The van der Waals surface area contributed by atoms with Crippen LogP contribution in [-0.2, 0) is 41.4 Å². The average molecular weight is 771 g/mol. The molecule has 9 atom stereocenters. The van der Waals surface area contributed by atoms with Crippen LogP contribution in [0.15, 0.2) is 77.9 Å². The van der Waals surface area contributed by atoms with Gasteiger partial charge in [-0.15, -0.1) is 0 Å². The molecule has 0 spiro atoms. The first-order valence-corrected chi connectivity index (χ1v) is 17.1. The Bertz CT molecular complexity index is 1770. The number of hydrogen-bond acceptors (Lipinski definition) is 10. The van der Waals surface area contributed by atoms with Crippen molar-refractivity contribution in [2.75, 3.05) is 13.7 Å². The van der Waals surface area contributed by atoms with Crippen molar-refractivity contribution in [2.45, 2.75) is 75.0 Å². The SMILES string of the molecule is C=C(C)[C@]12C[C@@H](C)[C@@]34O[C@](Cc5ccccc5)(O[C@@H]1[C@@H]3C=C(COC(=O)Cc1cc(OC)c(O)cc1I)[C@@H](O)[C@]1(O)C(=O)C(C)=C[C@H]14)O2. The third-order valence-corrected chi connectivity index (χ3v) is 12.0. The summed E-state index contributed by atoms with van der Waals surface area (Å²) in [5.41, 5.74) is -1.76. The van der Waals surface area contributed by atoms with Crippen LogP contribution in [0.25, 0.3) is 0 Å². The highest BCUT2D eigenvalue weighted by Crippen LogP contribution is 2.68. The second-order valence-corrected chi connectivity index (χ2v) is 15.0. The summed E-state index contributed by atoms with van der Waals surface area (Å²) in [4.78, 5) is 27.1. The lowest BCUT2D eigenvalue weighted by Crippen LogP contribution is -2.71. The number of esters is 1. The monoisotopic (exact) mass is 770 g/mol. The van der Waals surface area contributed by atoms with Crippen molar-refractivity contribution in [3.05, 3.63) is 92.6 Å². The maximum absolute atomic E-state index is 13.9. The van der Waals surface area contributed by atoms with Crippen molar-refractivity contribution < 1.29 is 48.6 Å². The molecule has 3 fully saturated rings. The molecule has 2 saturated heterocycles. The molecule has 11 heteroatoms. The largest absolute Gasteiger partial charge is 0.504 e. The van der Waals surface area contributed by atoms with Gasteiger partial charge < -0.3 is 39.0 Å². The van der Waals surface area contributed by atoms with Gasteiger partial charge in [0.1, 0.15) is 24.4 Å². The van der Waals surface area contributed by atoms with Gasteiger partial charge in [-0.25, -0.2) is 0 Å². The number of phenols is 1. The van der Waals surface area contributed by atoms with Crippen LogP contribution in [0, 0.1) is 21.3 Å². The van der Waals surface area contributed by atoms with Gasteiger partial charge in [0.2, 0.25) is 0 Å². The van der Waals surface area contributed by atoms with Crippen LogP contribution in [0.4, 0.5) is 0 Å². The van der Waals surface area contributed by atoms with E-state index < -0.39 is 65.2 Å². The molecule has 0 amide bonds. The molecular weight excluding hydrogens is 731 g/mol. The Morgan fingerprint density at radius 3 is 2.58 bits per heavy atom. The minimum absolute atomic E-state index is 0.0516. The van der Waals surface area contributed by atoms with Crippen molar-refractivity contribution >= 4 is 34.3 Å². The van der Waals surface area contributed by atoms with Gasteiger partial charge in [-0.1, -0.05) is 56.0 Å². The summed E-state index contributed by atoms with van der Waals surface area (Å²) in [5.74, 6) is -4.47. The zero-order valence-electron chi connectivity index (χ0n) is 27.2. The number of aliphatic hydroxyl groups is 2. The summed E-state index contributed by atoms with van der Waals surface area (Å²) >= 11 is 2.01. The maximum Gasteiger partial charge on any atom is 0.310 e. The van der Waals surface area contributed by atoms with E-state index in [4.69, 9.17) is 23.7 Å². The van der Waals surface area contributed by atoms with Gasteiger partial charge in [-0.3, -0.25) is 9.59 Å². The highest BCUT2D eigenvalue weighted by atomic mass is 127. The number of Topliss-reactive ketones (excluding diaryl/α,β-unsaturated/α-hetero) is 1. The van der Waals surface area contributed by atoms with Gasteiger partial charge in [0, 0.05) is 15.4 Å². The fourth-order valence-electron chi connectivity index (χ4n) is 8.75. The number of carbonyl (C=O) groups excluding carboxylic acids is 2. The Kier molecular flexibility index (Phi) is 8.00. The second kappa shape index (κ2) is 11.5. The van der Waals surface area contributed by atoms with Gasteiger partial charge in [0.05, 0.1) is 25.6 Å². The van der Waals surface area contributed by atoms with E-state index in [0.29, 0.717) is 21.1 Å². The molecule has 7 rings (SSSR count). The van der Waals surface area contributed by atoms with E-state index in [0.717, 1.165) is 11.1 Å². The molecule has 3 N–H and O–H groups in total. The van der Waals surface area contributed by atoms with E-state index in [2.05, 4.69) is 6.58 Å². The molecular formula is C37H39IO10. The number of benzene rings is 2. The van der Waals surface area contributed by atoms with Crippen molar-refractivity contribution in [3.8, 4) is 11.5 Å². The lowest BCUT2D eigenvalue weighted by Gasteiger charge is -2.59. The molecule has 3 aliphatic carbocycles. The Morgan fingerprint density at radius 1 is 1.17 bits per heavy atom. The Hall–Kier alpha value is -3.07. The third kappa shape index (κ3) is 4.68. The molecule has 3 bridgehead atoms. The van der Waals surface area contributed by atoms with Crippen LogP contribution in [0.1, 0.15) is 38.3 Å². The molecule has 0 radical (unpaired) electrons. The number of fused-ring (bicyclic) bond motifs is 2. The van der Waals surface area contributed by atoms with E-state index in [1.165, 1.54) is 13.2 Å². The predicted molar refractivity (Wildman–Crippen MR) is 181 cm³/mol. The fourth-order valence-corrected chi connectivity index (χ4v) is 9.40. The van der Waals surface area contributed by atoms with Crippen molar-refractivity contribution in [1.82, 2.24) is 0 Å². The molecule has 2 heterocycles. The van der Waals surface area contributed by atoms with Crippen molar-refractivity contribution in [1.29, 1.82) is 0 Å². The first-order chi connectivity index (χ1) is 22.7. The van der Waals surface area contributed by atoms with E-state index in [1.54, 1.807) is 25.1 Å². The van der Waals surface area contributed by atoms with Crippen LogP contribution in [0.2, 0.25) is 0 Å². The summed E-state index contributed by atoms with van der Waals surface area (Å²) < 4.78 is 32.3. The number of carbonyl (C=O) groups is 2. The van der Waals surface area contributed by atoms with Crippen LogP contribution < -0.4 is 4.74 Å². The molecule has 1 saturated carbocycles. The fraction of sp³-hybridized carbons (Fsp3) is 0.459. The molecule has 2 aromatic rings. The molecule has 0 aromatic heterocycles. The summed E-state index contributed by atoms with van der Waals surface area (Å²) in [7, 11) is 1.42. The number of methoxy groups -OCH3 is 1. The highest BCUT2D eigenvalue weighted by molar-refractivity contribution is 14.1. The molecule has 254 valence electrons. The van der Waals surface area contributed by atoms with Crippen LogP contribution in [-0.4, -0.2) is 75.8 Å². The third-order valence-electron chi connectivity index (χ3n) is 11.0. The Labute approximate surface area is 292 Å². The molecule has 0 unspecified atom stereocenters. The topological polar surface area (TPSA) is 141 Å². The summed E-state index contributed by atoms with van der Waals surface area (Å²) in [6, 6.07) is 12.7. The van der Waals surface area contributed by atoms with E-state index >= 15 is 0 Å². The van der Waals surface area contributed by atoms with Gasteiger partial charge in [-0.2, -0.15) is 0 Å². The van der Waals surface area contributed by atoms with Crippen LogP contribution >= 0.6 is 22.6 Å². The van der Waals surface area contributed by atoms with Gasteiger partial charge in [-0.05, 0) is 88.8 Å². The van der Waals surface area contributed by atoms with E-state index in [-0.39, 0.29) is 35.8 Å². The predicted octanol–water partition coefficient (Wildman–Crippen LogP) is 4.32. The molecule has 5 aliphatic rings. The number of phenolic OH excluding ortho intramolecular Hbond substituents is 1. The molecule has 2 aromatic carbocycles. The first-order valence-electron chi connectivity index (χ1n) is 16.0. The maximum atomic E-state index is 13.9. The summed E-state index contributed by atoms with van der Waals surface area (Å²) in [6.45, 7) is 9.46. The average Bonchev–Trinajstić information content (AvgIpc) is 3.38. The van der Waals surface area contributed by atoms with Crippen LogP contribution in [0.5, 0.6) is 11.5 Å². The highest BCUT2D eigenvalue weighted by Gasteiger charge is 2.80. The number of aliphatic hydroxyl groups excluding tert-OH is 1. The van der Waals surface area contributed by atoms with Crippen LogP contribution in [0.3, 0.4) is 0 Å². The minimum Gasteiger partial charge on any atom is -0.504 e. The normalized spacial score (nSPS) is 37.6. The molecule has 2 aliphatic heterocycles. The molecule has 48 heavy (non-hydrogen) atoms. The number of ketones is 1. The first kappa shape index (κ1) is 33.4. The number of rotatable bonds is 8. The lowest BCUT2D eigenvalue weighted by molar-refractivity contribution is -0.422. The number of hydrogen-bond donors (Lipinski definition) is 3. The number of aromatic hydroxyl groups is 1. The second-order valence-electron chi connectivity index (χ2n) is 13.8. The standard InChI is InChI=1S/C37H39IO10/c1-19(2)34-16-21(4)37-25(33(34)46-35(47-34,48-37)17-22-9-7-6-8-10-22)12-24(32(42)36(43)29(37)11-20(3)31(36)41)18-45-30(40)14-23-13-28(44-5)27(39)15-26(23)38/h6-13,15,21,25,29,32-33,39,42-43H,1,14,16-18H2,2-5H3/t21-,25+,29-,32-,33-,34-,35-,36-,37-/m1/s1. The quantitative estimate of drug-likeness (QED) is 0.202. The zero-order valence-corrected chi connectivity index (χ0v) is 29.4. The number of halogens is 1. The summed E-state index contributed by atoms with van der Waals surface area (Å²) in [5, 5.41) is 34.5. The van der Waals surface area contributed by atoms with Gasteiger partial charge >= 0.3 is 5.97 Å². The zero-order chi connectivity index (χ0) is 34.4. The minimum atomic E-state index is -2.29. The smallest absolute Gasteiger partial charge is 0.310 e. The number of ether oxygens (including phenoxy) is 5. The lowest BCUT2D eigenvalue weighted by atomic mass is 9.54. The van der Waals surface area contributed by atoms with Crippen molar-refractivity contribution in [3.63, 3.8) is 0 Å². The summed E-state index contributed by atoms with van der Waals surface area (Å²) in [6.07, 6.45) is 1.70. The Morgan fingerprint density at radius 2 is 1.90 bits per heavy atom. The molecule has 10 nitrogen and oxygen atoms in total. The van der Waals surface area contributed by atoms with Gasteiger partial charge in [0.15, 0.2) is 22.9 Å². The van der Waals surface area contributed by atoms with E-state index in [1.807, 2.05) is 66.8 Å². The van der Waals surface area contributed by atoms with Gasteiger partial charge in [0.25, 0.3) is 5.97 Å². The Balaban J connectivity index is 1.29. The van der Waals surface area contributed by atoms with Crippen molar-refractivity contribution in [2.24, 2.45) is 17.8 Å².